The molecule has 3 nitrogen and oxygen atoms in total. The van der Waals surface area contributed by atoms with Gasteiger partial charge in [-0.05, 0) is 36.0 Å². The van der Waals surface area contributed by atoms with E-state index in [9.17, 15) is 18.0 Å². The van der Waals surface area contributed by atoms with Gasteiger partial charge in [0.2, 0.25) is 0 Å². The maximum Gasteiger partial charge on any atom is 0.430 e. The molecule has 2 bridgehead atoms. The van der Waals surface area contributed by atoms with E-state index in [0.29, 0.717) is 12.3 Å². The molecule has 2 saturated carbocycles. The smallest absolute Gasteiger partial charge is 0.356 e. The quantitative estimate of drug-likeness (QED) is 0.853. The highest BCUT2D eigenvalue weighted by Crippen LogP contribution is 2.65. The molecule has 2 fully saturated rings. The molecule has 3 rings (SSSR count). The van der Waals surface area contributed by atoms with Crippen LogP contribution in [-0.2, 0) is 15.1 Å². The number of nitrogens with one attached hydrogen (secondary N) is 1. The predicted molar refractivity (Wildman–Crippen MR) is 92.3 cm³/mol. The molecule has 1 amide bonds. The summed E-state index contributed by atoms with van der Waals surface area (Å²) in [5.74, 6) is -0.717. The summed E-state index contributed by atoms with van der Waals surface area (Å²) < 4.78 is 47.0. The highest BCUT2D eigenvalue weighted by molar-refractivity contribution is 5.88. The summed E-state index contributed by atoms with van der Waals surface area (Å²) in [6, 6.07) is 6.84. The number of methoxy groups -OCH3 is 1. The lowest BCUT2D eigenvalue weighted by Crippen LogP contribution is -2.59. The number of alkyl halides is 3. The molecule has 1 aromatic carbocycles. The predicted octanol–water partition coefficient (Wildman–Crippen LogP) is 4.42. The van der Waals surface area contributed by atoms with Crippen LogP contribution in [0.4, 0.5) is 13.2 Å². The normalized spacial score (nSPS) is 32.3. The number of fused-ring (bicyclic) bond motifs is 2. The average molecular weight is 369 g/mol. The number of halogens is 3. The largest absolute Gasteiger partial charge is 0.430 e. The Labute approximate surface area is 152 Å². The molecule has 0 heterocycles. The van der Waals surface area contributed by atoms with Crippen LogP contribution in [-0.4, -0.2) is 25.2 Å². The standard InChI is InChI=1S/C20H26F3NO2/c1-17(2)14-10-11-18(17,3)15(12-14)24-16(25)19(26-4,20(21,22)23)13-8-6-5-7-9-13/h5-9,14-15H,10-12H2,1-4H3,(H,24,25)/t14-,15+,18+,19?/m1/s1. The van der Waals surface area contributed by atoms with Crippen LogP contribution in [0.25, 0.3) is 0 Å². The minimum Gasteiger partial charge on any atom is -0.356 e. The maximum absolute atomic E-state index is 14.0. The van der Waals surface area contributed by atoms with Crippen molar-refractivity contribution in [1.82, 2.24) is 5.32 Å². The molecule has 6 heteroatoms. The van der Waals surface area contributed by atoms with Gasteiger partial charge >= 0.3 is 6.18 Å². The van der Waals surface area contributed by atoms with Crippen LogP contribution in [0.5, 0.6) is 0 Å². The van der Waals surface area contributed by atoms with Crippen LogP contribution in [0.15, 0.2) is 30.3 Å². The number of hydrogen-bond acceptors (Lipinski definition) is 2. The van der Waals surface area contributed by atoms with Gasteiger partial charge in [0, 0.05) is 18.7 Å². The van der Waals surface area contributed by atoms with Crippen molar-refractivity contribution in [2.24, 2.45) is 16.7 Å². The summed E-state index contributed by atoms with van der Waals surface area (Å²) in [6.07, 6.45) is -2.20. The molecular weight excluding hydrogens is 343 g/mol. The lowest BCUT2D eigenvalue weighted by molar-refractivity contribution is -0.266. The number of carbonyl (C=O) groups excluding carboxylic acids is 1. The Morgan fingerprint density at radius 3 is 2.23 bits per heavy atom. The Morgan fingerprint density at radius 2 is 1.81 bits per heavy atom. The van der Waals surface area contributed by atoms with Gasteiger partial charge < -0.3 is 10.1 Å². The molecule has 0 saturated heterocycles. The molecule has 26 heavy (non-hydrogen) atoms. The summed E-state index contributed by atoms with van der Waals surface area (Å²) in [5, 5.41) is 2.72. The second-order valence-electron chi connectivity index (χ2n) is 8.39. The van der Waals surface area contributed by atoms with E-state index in [1.165, 1.54) is 24.3 Å². The van der Waals surface area contributed by atoms with E-state index in [2.05, 4.69) is 26.1 Å². The average Bonchev–Trinajstić information content (AvgIpc) is 2.89. The van der Waals surface area contributed by atoms with Crippen molar-refractivity contribution >= 4 is 5.91 Å². The minimum absolute atomic E-state index is 0.00828. The zero-order chi connectivity index (χ0) is 19.4. The van der Waals surface area contributed by atoms with E-state index < -0.39 is 17.7 Å². The van der Waals surface area contributed by atoms with Crippen LogP contribution in [0, 0.1) is 16.7 Å². The van der Waals surface area contributed by atoms with E-state index >= 15 is 0 Å². The number of hydrogen-bond donors (Lipinski definition) is 1. The van der Waals surface area contributed by atoms with Crippen molar-refractivity contribution in [3.8, 4) is 0 Å². The first kappa shape index (κ1) is 19.2. The lowest BCUT2D eigenvalue weighted by Gasteiger charge is -2.41. The second kappa shape index (κ2) is 5.98. The van der Waals surface area contributed by atoms with Crippen LogP contribution >= 0.6 is 0 Å². The zero-order valence-electron chi connectivity index (χ0n) is 15.6. The number of amides is 1. The second-order valence-corrected chi connectivity index (χ2v) is 8.39. The lowest BCUT2D eigenvalue weighted by atomic mass is 9.69. The third kappa shape index (κ3) is 2.41. The van der Waals surface area contributed by atoms with E-state index in [1.807, 2.05) is 0 Å². The first-order valence-electron chi connectivity index (χ1n) is 8.99. The van der Waals surface area contributed by atoms with Crippen molar-refractivity contribution in [2.45, 2.75) is 57.9 Å². The molecule has 0 aliphatic heterocycles. The van der Waals surface area contributed by atoms with Crippen molar-refractivity contribution in [3.63, 3.8) is 0 Å². The summed E-state index contributed by atoms with van der Waals surface area (Å²) >= 11 is 0. The number of rotatable bonds is 4. The fourth-order valence-electron chi connectivity index (χ4n) is 5.10. The third-order valence-electron chi connectivity index (χ3n) is 7.30. The van der Waals surface area contributed by atoms with Crippen molar-refractivity contribution < 1.29 is 22.7 Å². The zero-order valence-corrected chi connectivity index (χ0v) is 15.6. The highest BCUT2D eigenvalue weighted by atomic mass is 19.4. The van der Waals surface area contributed by atoms with Gasteiger partial charge in [-0.2, -0.15) is 13.2 Å². The van der Waals surface area contributed by atoms with Crippen LogP contribution in [0.2, 0.25) is 0 Å². The molecule has 0 aromatic heterocycles. The molecule has 1 unspecified atom stereocenters. The Balaban J connectivity index is 1.96. The molecule has 4 atom stereocenters. The summed E-state index contributed by atoms with van der Waals surface area (Å²) in [4.78, 5) is 13.0. The first-order chi connectivity index (χ1) is 12.0. The van der Waals surface area contributed by atoms with E-state index in [1.54, 1.807) is 6.07 Å². The monoisotopic (exact) mass is 369 g/mol. The number of ether oxygens (including phenoxy) is 1. The van der Waals surface area contributed by atoms with Gasteiger partial charge in [-0.1, -0.05) is 51.1 Å². The Kier molecular flexibility index (Phi) is 4.42. The molecule has 1 N–H and O–H groups in total. The molecule has 2 aliphatic carbocycles. The van der Waals surface area contributed by atoms with E-state index in [-0.39, 0.29) is 22.4 Å². The van der Waals surface area contributed by atoms with Gasteiger partial charge in [0.25, 0.3) is 11.5 Å². The topological polar surface area (TPSA) is 38.3 Å². The molecule has 0 spiro atoms. The van der Waals surface area contributed by atoms with E-state index in [4.69, 9.17) is 4.74 Å². The SMILES string of the molecule is COC(C(=O)N[C@H]1C[C@H]2CC[C@]1(C)C2(C)C)(c1ccccc1)C(F)(F)F. The Hall–Kier alpha value is -1.56. The van der Waals surface area contributed by atoms with Crippen molar-refractivity contribution in [1.29, 1.82) is 0 Å². The van der Waals surface area contributed by atoms with Gasteiger partial charge in [0.05, 0.1) is 0 Å². The minimum atomic E-state index is -4.87. The molecular formula is C20H26F3NO2. The molecule has 0 radical (unpaired) electrons. The first-order valence-corrected chi connectivity index (χ1v) is 8.99. The maximum atomic E-state index is 14.0. The van der Waals surface area contributed by atoms with Crippen LogP contribution in [0.3, 0.4) is 0 Å². The van der Waals surface area contributed by atoms with Gasteiger partial charge in [-0.15, -0.1) is 0 Å². The van der Waals surface area contributed by atoms with Gasteiger partial charge in [0.1, 0.15) is 0 Å². The molecule has 144 valence electrons. The number of benzene rings is 1. The van der Waals surface area contributed by atoms with Crippen LogP contribution in [0.1, 0.15) is 45.6 Å². The van der Waals surface area contributed by atoms with Gasteiger partial charge in [-0.3, -0.25) is 4.79 Å². The van der Waals surface area contributed by atoms with Crippen molar-refractivity contribution in [2.75, 3.05) is 7.11 Å². The Bertz CT molecular complexity index is 688. The van der Waals surface area contributed by atoms with Gasteiger partial charge in [0.15, 0.2) is 0 Å². The summed E-state index contributed by atoms with van der Waals surface area (Å²) in [5.41, 5.74) is -3.43. The summed E-state index contributed by atoms with van der Waals surface area (Å²) in [7, 11) is 0.937. The van der Waals surface area contributed by atoms with Crippen LogP contribution < -0.4 is 5.32 Å². The number of carbonyl (C=O) groups is 1. The molecule has 2 aliphatic rings. The molecule has 1 aromatic rings. The summed E-state index contributed by atoms with van der Waals surface area (Å²) in [6.45, 7) is 6.39. The van der Waals surface area contributed by atoms with E-state index in [0.717, 1.165) is 20.0 Å². The fourth-order valence-corrected chi connectivity index (χ4v) is 5.10. The third-order valence-corrected chi connectivity index (χ3v) is 7.30. The fraction of sp³-hybridized carbons (Fsp3) is 0.650. The highest BCUT2D eigenvalue weighted by Gasteiger charge is 2.66. The Morgan fingerprint density at radius 1 is 1.19 bits per heavy atom. The van der Waals surface area contributed by atoms with Gasteiger partial charge in [-0.25, -0.2) is 0 Å². The van der Waals surface area contributed by atoms with Crippen molar-refractivity contribution in [3.05, 3.63) is 35.9 Å².